The molecule has 112 valence electrons. The second-order valence-corrected chi connectivity index (χ2v) is 8.13. The number of ether oxygens (including phenoxy) is 1. The van der Waals surface area contributed by atoms with E-state index < -0.39 is 10.8 Å². The van der Waals surface area contributed by atoms with E-state index in [1.807, 2.05) is 7.05 Å². The van der Waals surface area contributed by atoms with Gasteiger partial charge >= 0.3 is 0 Å². The number of rotatable bonds is 5. The fourth-order valence-corrected chi connectivity index (χ4v) is 5.45. The van der Waals surface area contributed by atoms with E-state index in [1.165, 1.54) is 12.8 Å². The summed E-state index contributed by atoms with van der Waals surface area (Å²) in [6.45, 7) is 5.45. The first-order valence-corrected chi connectivity index (χ1v) is 9.16. The van der Waals surface area contributed by atoms with Crippen molar-refractivity contribution < 1.29 is 8.95 Å². The van der Waals surface area contributed by atoms with Gasteiger partial charge in [0.1, 0.15) is 0 Å². The maximum Gasteiger partial charge on any atom is 0.0691 e. The second-order valence-electron chi connectivity index (χ2n) is 6.43. The van der Waals surface area contributed by atoms with Gasteiger partial charge in [-0.2, -0.15) is 0 Å². The predicted molar refractivity (Wildman–Crippen MR) is 80.8 cm³/mol. The summed E-state index contributed by atoms with van der Waals surface area (Å²) < 4.78 is 18.3. The average Bonchev–Trinajstić information content (AvgIpc) is 2.90. The summed E-state index contributed by atoms with van der Waals surface area (Å²) in [5, 5.41) is 3.70. The molecule has 2 rings (SSSR count). The van der Waals surface area contributed by atoms with Crippen molar-refractivity contribution in [2.24, 2.45) is 11.8 Å². The Hall–Kier alpha value is 0.0700. The maximum absolute atomic E-state index is 12.7. The molecule has 1 aliphatic heterocycles. The molecule has 0 aromatic carbocycles. The quantitative estimate of drug-likeness (QED) is 0.843. The molecular weight excluding hydrogens is 258 g/mol. The van der Waals surface area contributed by atoms with Crippen molar-refractivity contribution in [3.05, 3.63) is 0 Å². The van der Waals surface area contributed by atoms with Crippen LogP contribution in [0.2, 0.25) is 0 Å². The van der Waals surface area contributed by atoms with Gasteiger partial charge in [0.05, 0.1) is 17.1 Å². The molecule has 4 heteroatoms. The SMILES string of the molecule is CNC1CCC(C(C)C)CC1S(=O)CC1CCCO1. The summed E-state index contributed by atoms with van der Waals surface area (Å²) in [7, 11) is 1.26. The first kappa shape index (κ1) is 15.5. The van der Waals surface area contributed by atoms with Crippen molar-refractivity contribution in [2.75, 3.05) is 19.4 Å². The summed E-state index contributed by atoms with van der Waals surface area (Å²) in [4.78, 5) is 0. The molecule has 0 aromatic heterocycles. The number of hydrogen-bond acceptors (Lipinski definition) is 3. The highest BCUT2D eigenvalue weighted by Crippen LogP contribution is 2.33. The van der Waals surface area contributed by atoms with Gasteiger partial charge in [-0.1, -0.05) is 13.8 Å². The molecule has 0 aromatic rings. The monoisotopic (exact) mass is 287 g/mol. The molecule has 0 bridgehead atoms. The highest BCUT2D eigenvalue weighted by Gasteiger charge is 2.35. The smallest absolute Gasteiger partial charge is 0.0691 e. The van der Waals surface area contributed by atoms with Crippen LogP contribution in [0.4, 0.5) is 0 Å². The van der Waals surface area contributed by atoms with Crippen LogP contribution in [0.1, 0.15) is 46.0 Å². The third-order valence-corrected chi connectivity index (χ3v) is 6.75. The van der Waals surface area contributed by atoms with E-state index in [0.717, 1.165) is 37.5 Å². The molecular formula is C15H29NO2S. The molecule has 3 nitrogen and oxygen atoms in total. The fraction of sp³-hybridized carbons (Fsp3) is 1.00. The summed E-state index contributed by atoms with van der Waals surface area (Å²) in [6.07, 6.45) is 6.03. The van der Waals surface area contributed by atoms with Crippen molar-refractivity contribution in [2.45, 2.75) is 63.3 Å². The molecule has 2 aliphatic rings. The lowest BCUT2D eigenvalue weighted by atomic mass is 9.79. The molecule has 1 N–H and O–H groups in total. The van der Waals surface area contributed by atoms with E-state index in [0.29, 0.717) is 17.2 Å². The Morgan fingerprint density at radius 3 is 2.68 bits per heavy atom. The zero-order chi connectivity index (χ0) is 13.8. The van der Waals surface area contributed by atoms with E-state index in [1.54, 1.807) is 0 Å². The Balaban J connectivity index is 1.94. The maximum atomic E-state index is 12.7. The third kappa shape index (κ3) is 4.02. The highest BCUT2D eigenvalue weighted by molar-refractivity contribution is 7.85. The Kier molecular flexibility index (Phi) is 5.85. The van der Waals surface area contributed by atoms with E-state index in [4.69, 9.17) is 4.74 Å². The van der Waals surface area contributed by atoms with E-state index in [-0.39, 0.29) is 6.10 Å². The van der Waals surface area contributed by atoms with Gasteiger partial charge in [-0.15, -0.1) is 0 Å². The largest absolute Gasteiger partial charge is 0.377 e. The first-order valence-electron chi connectivity index (χ1n) is 7.77. The standard InChI is InChI=1S/C15H29NO2S/c1-11(2)12-6-7-14(16-3)15(9-12)19(17)10-13-5-4-8-18-13/h11-16H,4-10H2,1-3H3. The van der Waals surface area contributed by atoms with Crippen LogP contribution in [0, 0.1) is 11.8 Å². The minimum atomic E-state index is -0.751. The van der Waals surface area contributed by atoms with Crippen LogP contribution in [0.5, 0.6) is 0 Å². The Morgan fingerprint density at radius 1 is 1.32 bits per heavy atom. The lowest BCUT2D eigenvalue weighted by molar-refractivity contribution is 0.127. The van der Waals surface area contributed by atoms with Gasteiger partial charge in [0, 0.05) is 23.4 Å². The van der Waals surface area contributed by atoms with Crippen LogP contribution in [0.15, 0.2) is 0 Å². The molecule has 1 saturated heterocycles. The van der Waals surface area contributed by atoms with Crippen LogP contribution in [-0.4, -0.2) is 41.0 Å². The molecule has 1 heterocycles. The molecule has 2 fully saturated rings. The van der Waals surface area contributed by atoms with Crippen LogP contribution in [0.25, 0.3) is 0 Å². The molecule has 1 saturated carbocycles. The summed E-state index contributed by atoms with van der Waals surface area (Å²) in [6, 6.07) is 0.428. The molecule has 5 unspecified atom stereocenters. The van der Waals surface area contributed by atoms with E-state index >= 15 is 0 Å². The van der Waals surface area contributed by atoms with Crippen LogP contribution < -0.4 is 5.32 Å². The predicted octanol–water partition coefficient (Wildman–Crippen LogP) is 2.33. The highest BCUT2D eigenvalue weighted by atomic mass is 32.2. The average molecular weight is 287 g/mol. The Bertz CT molecular complexity index is 303. The Labute approximate surface area is 120 Å². The van der Waals surface area contributed by atoms with Crippen molar-refractivity contribution in [3.63, 3.8) is 0 Å². The topological polar surface area (TPSA) is 38.3 Å². The van der Waals surface area contributed by atoms with Crippen molar-refractivity contribution in [3.8, 4) is 0 Å². The van der Waals surface area contributed by atoms with Gasteiger partial charge in [-0.05, 0) is 51.0 Å². The van der Waals surface area contributed by atoms with Crippen LogP contribution in [-0.2, 0) is 15.5 Å². The lowest BCUT2D eigenvalue weighted by Gasteiger charge is -2.37. The van der Waals surface area contributed by atoms with E-state index in [2.05, 4.69) is 19.2 Å². The molecule has 19 heavy (non-hydrogen) atoms. The number of nitrogens with one attached hydrogen (secondary N) is 1. The normalized spacial score (nSPS) is 37.7. The minimum absolute atomic E-state index is 0.248. The van der Waals surface area contributed by atoms with Gasteiger partial charge in [-0.25, -0.2) is 0 Å². The molecule has 1 aliphatic carbocycles. The van der Waals surface area contributed by atoms with Gasteiger partial charge in [0.15, 0.2) is 0 Å². The van der Waals surface area contributed by atoms with Gasteiger partial charge in [-0.3, -0.25) is 4.21 Å². The molecule has 0 amide bonds. The molecule has 0 radical (unpaired) electrons. The van der Waals surface area contributed by atoms with Crippen LogP contribution >= 0.6 is 0 Å². The first-order chi connectivity index (χ1) is 9.11. The lowest BCUT2D eigenvalue weighted by Crippen LogP contribution is -2.47. The summed E-state index contributed by atoms with van der Waals surface area (Å²) in [5.74, 6) is 2.19. The van der Waals surface area contributed by atoms with Crippen molar-refractivity contribution in [1.29, 1.82) is 0 Å². The summed E-state index contributed by atoms with van der Waals surface area (Å²) >= 11 is 0. The fourth-order valence-electron chi connectivity index (χ4n) is 3.47. The van der Waals surface area contributed by atoms with Crippen molar-refractivity contribution in [1.82, 2.24) is 5.32 Å². The number of hydrogen-bond donors (Lipinski definition) is 1. The third-order valence-electron chi connectivity index (χ3n) is 4.86. The molecule has 0 spiro atoms. The minimum Gasteiger partial charge on any atom is -0.377 e. The van der Waals surface area contributed by atoms with Gasteiger partial charge in [0.2, 0.25) is 0 Å². The summed E-state index contributed by atoms with van der Waals surface area (Å²) in [5.41, 5.74) is 0. The Morgan fingerprint density at radius 2 is 2.11 bits per heavy atom. The van der Waals surface area contributed by atoms with Crippen LogP contribution in [0.3, 0.4) is 0 Å². The van der Waals surface area contributed by atoms with Crippen molar-refractivity contribution >= 4 is 10.8 Å². The van der Waals surface area contributed by atoms with Gasteiger partial charge in [0.25, 0.3) is 0 Å². The zero-order valence-electron chi connectivity index (χ0n) is 12.6. The second kappa shape index (κ2) is 7.19. The zero-order valence-corrected chi connectivity index (χ0v) is 13.4. The van der Waals surface area contributed by atoms with E-state index in [9.17, 15) is 4.21 Å². The molecule has 5 atom stereocenters. The van der Waals surface area contributed by atoms with Gasteiger partial charge < -0.3 is 10.1 Å².